The maximum absolute atomic E-state index is 15.1. The fourth-order valence-corrected chi connectivity index (χ4v) is 5.13. The van der Waals surface area contributed by atoms with Gasteiger partial charge in [-0.1, -0.05) is 6.07 Å². The molecule has 10 heteroatoms. The lowest BCUT2D eigenvalue weighted by atomic mass is 10.0. The molecule has 0 spiro atoms. The van der Waals surface area contributed by atoms with Gasteiger partial charge in [-0.15, -0.1) is 0 Å². The number of halogens is 1. The maximum atomic E-state index is 15.1. The zero-order valence-corrected chi connectivity index (χ0v) is 18.0. The summed E-state index contributed by atoms with van der Waals surface area (Å²) in [7, 11) is -3.64. The Morgan fingerprint density at radius 1 is 1.12 bits per heavy atom. The maximum Gasteiger partial charge on any atom is 0.235 e. The number of hydrogen-bond acceptors (Lipinski definition) is 7. The second kappa shape index (κ2) is 8.10. The number of fused-ring (bicyclic) bond motifs is 1. The van der Waals surface area contributed by atoms with Crippen molar-refractivity contribution in [1.82, 2.24) is 15.3 Å². The van der Waals surface area contributed by atoms with Crippen molar-refractivity contribution in [3.63, 3.8) is 0 Å². The molecule has 0 radical (unpaired) electrons. The van der Waals surface area contributed by atoms with Crippen LogP contribution in [0.25, 0.3) is 11.0 Å². The molecule has 32 heavy (non-hydrogen) atoms. The van der Waals surface area contributed by atoms with E-state index in [1.54, 1.807) is 24.4 Å². The highest BCUT2D eigenvalue weighted by molar-refractivity contribution is 7.93. The number of benzene rings is 2. The summed E-state index contributed by atoms with van der Waals surface area (Å²) < 4.78 is 41.7. The van der Waals surface area contributed by atoms with Gasteiger partial charge in [0.1, 0.15) is 5.82 Å². The SMILES string of the molecule is O=C(c1ccc2ncc(N3CCNCC3)nc2c1)c1cccc(NS(=O)(=O)C2CC2)c1F. The van der Waals surface area contributed by atoms with Crippen molar-refractivity contribution in [1.29, 1.82) is 0 Å². The number of aromatic nitrogens is 2. The van der Waals surface area contributed by atoms with E-state index in [4.69, 9.17) is 0 Å². The van der Waals surface area contributed by atoms with E-state index in [1.807, 2.05) is 0 Å². The highest BCUT2D eigenvalue weighted by atomic mass is 32.2. The normalized spacial score (nSPS) is 16.8. The minimum Gasteiger partial charge on any atom is -0.353 e. The molecule has 0 unspecified atom stereocenters. The lowest BCUT2D eigenvalue weighted by Gasteiger charge is -2.28. The summed E-state index contributed by atoms with van der Waals surface area (Å²) in [5.74, 6) is -0.708. The van der Waals surface area contributed by atoms with E-state index in [1.165, 1.54) is 18.2 Å². The van der Waals surface area contributed by atoms with Crippen LogP contribution in [0.15, 0.2) is 42.6 Å². The Labute approximate surface area is 184 Å². The van der Waals surface area contributed by atoms with Gasteiger partial charge in [0.15, 0.2) is 11.6 Å². The Kier molecular flexibility index (Phi) is 5.26. The van der Waals surface area contributed by atoms with Crippen molar-refractivity contribution in [2.75, 3.05) is 35.8 Å². The molecule has 5 rings (SSSR count). The smallest absolute Gasteiger partial charge is 0.235 e. The molecule has 1 saturated heterocycles. The molecule has 1 saturated carbocycles. The molecule has 166 valence electrons. The van der Waals surface area contributed by atoms with Gasteiger partial charge in [0.05, 0.1) is 33.7 Å². The van der Waals surface area contributed by atoms with Crippen LogP contribution in [0.1, 0.15) is 28.8 Å². The molecule has 2 N–H and O–H groups in total. The van der Waals surface area contributed by atoms with E-state index >= 15 is 4.39 Å². The predicted molar refractivity (Wildman–Crippen MR) is 120 cm³/mol. The van der Waals surface area contributed by atoms with Gasteiger partial charge in [0.25, 0.3) is 0 Å². The third-order valence-corrected chi connectivity index (χ3v) is 7.54. The van der Waals surface area contributed by atoms with Crippen LogP contribution in [0, 0.1) is 5.82 Å². The third-order valence-electron chi connectivity index (χ3n) is 5.69. The summed E-state index contributed by atoms with van der Waals surface area (Å²) in [6, 6.07) is 8.97. The summed E-state index contributed by atoms with van der Waals surface area (Å²) >= 11 is 0. The van der Waals surface area contributed by atoms with Gasteiger partial charge in [-0.3, -0.25) is 14.5 Å². The van der Waals surface area contributed by atoms with E-state index < -0.39 is 26.9 Å². The van der Waals surface area contributed by atoms with Crippen molar-refractivity contribution in [2.24, 2.45) is 0 Å². The molecular formula is C22H22FN5O3S. The van der Waals surface area contributed by atoms with E-state index in [0.717, 1.165) is 32.0 Å². The van der Waals surface area contributed by atoms with Crippen molar-refractivity contribution in [3.05, 3.63) is 59.5 Å². The molecule has 3 aromatic rings. The van der Waals surface area contributed by atoms with Gasteiger partial charge in [-0.05, 0) is 43.2 Å². The Morgan fingerprint density at radius 3 is 2.66 bits per heavy atom. The van der Waals surface area contributed by atoms with Crippen molar-refractivity contribution in [3.8, 4) is 0 Å². The number of piperazine rings is 1. The standard InChI is InChI=1S/C22H22FN5O3S/c23-21-16(2-1-3-18(21)27-32(30,31)15-5-6-15)22(29)14-4-7-17-19(12-14)26-20(13-25-17)28-10-8-24-9-11-28/h1-4,7,12-13,15,24,27H,5-6,8-11H2. The first kappa shape index (κ1) is 20.8. The summed E-state index contributed by atoms with van der Waals surface area (Å²) in [6.07, 6.45) is 2.83. The molecule has 0 bridgehead atoms. The van der Waals surface area contributed by atoms with Crippen LogP contribution < -0.4 is 14.9 Å². The lowest BCUT2D eigenvalue weighted by molar-refractivity contribution is 0.103. The van der Waals surface area contributed by atoms with Crippen LogP contribution in [0.5, 0.6) is 0 Å². The Hall–Kier alpha value is -3.11. The lowest BCUT2D eigenvalue weighted by Crippen LogP contribution is -2.43. The van der Waals surface area contributed by atoms with Gasteiger partial charge in [-0.2, -0.15) is 0 Å². The van der Waals surface area contributed by atoms with Crippen LogP contribution in [0.4, 0.5) is 15.9 Å². The van der Waals surface area contributed by atoms with Crippen LogP contribution in [0.2, 0.25) is 0 Å². The second-order valence-corrected chi connectivity index (χ2v) is 9.97. The van der Waals surface area contributed by atoms with Gasteiger partial charge in [-0.25, -0.2) is 17.8 Å². The minimum absolute atomic E-state index is 0.202. The highest BCUT2D eigenvalue weighted by Crippen LogP contribution is 2.31. The molecule has 2 fully saturated rings. The molecular weight excluding hydrogens is 433 g/mol. The number of nitrogens with zero attached hydrogens (tertiary/aromatic N) is 3. The number of ketones is 1. The number of anilines is 2. The second-order valence-electron chi connectivity index (χ2n) is 8.01. The quantitative estimate of drug-likeness (QED) is 0.550. The van der Waals surface area contributed by atoms with Crippen LogP contribution in [0.3, 0.4) is 0 Å². The highest BCUT2D eigenvalue weighted by Gasteiger charge is 2.36. The summed E-state index contributed by atoms with van der Waals surface area (Å²) in [5.41, 5.74) is 1.01. The largest absolute Gasteiger partial charge is 0.353 e. The molecule has 0 amide bonds. The van der Waals surface area contributed by atoms with Crippen molar-refractivity contribution in [2.45, 2.75) is 18.1 Å². The summed E-state index contributed by atoms with van der Waals surface area (Å²) in [4.78, 5) is 24.3. The van der Waals surface area contributed by atoms with Crippen LogP contribution in [-0.4, -0.2) is 55.6 Å². The van der Waals surface area contributed by atoms with Gasteiger partial charge < -0.3 is 10.2 Å². The zero-order valence-electron chi connectivity index (χ0n) is 17.2. The fourth-order valence-electron chi connectivity index (χ4n) is 3.75. The number of carbonyl (C=O) groups excluding carboxylic acids is 1. The van der Waals surface area contributed by atoms with E-state index in [-0.39, 0.29) is 16.8 Å². The third kappa shape index (κ3) is 4.03. The zero-order chi connectivity index (χ0) is 22.3. The van der Waals surface area contributed by atoms with Crippen molar-refractivity contribution >= 4 is 38.3 Å². The molecule has 2 heterocycles. The first-order chi connectivity index (χ1) is 15.4. The van der Waals surface area contributed by atoms with Crippen molar-refractivity contribution < 1.29 is 17.6 Å². The van der Waals surface area contributed by atoms with Gasteiger partial charge in [0.2, 0.25) is 10.0 Å². The average Bonchev–Trinajstić information content (AvgIpc) is 3.66. The molecule has 2 aliphatic rings. The molecule has 1 aliphatic carbocycles. The van der Waals surface area contributed by atoms with Gasteiger partial charge in [0, 0.05) is 31.7 Å². The Morgan fingerprint density at radius 2 is 1.91 bits per heavy atom. The monoisotopic (exact) mass is 455 g/mol. The van der Waals surface area contributed by atoms with Crippen LogP contribution in [-0.2, 0) is 10.0 Å². The first-order valence-corrected chi connectivity index (χ1v) is 12.0. The fraction of sp³-hybridized carbons (Fsp3) is 0.318. The van der Waals surface area contributed by atoms with E-state index in [0.29, 0.717) is 23.9 Å². The number of sulfonamides is 1. The minimum atomic E-state index is -3.64. The number of rotatable bonds is 6. The Balaban J connectivity index is 1.45. The number of nitrogens with one attached hydrogen (secondary N) is 2. The molecule has 1 aliphatic heterocycles. The molecule has 1 aromatic heterocycles. The van der Waals surface area contributed by atoms with Crippen LogP contribution >= 0.6 is 0 Å². The summed E-state index contributed by atoms with van der Waals surface area (Å²) in [5, 5.41) is 2.79. The van der Waals surface area contributed by atoms with E-state index in [2.05, 4.69) is 24.9 Å². The number of carbonyl (C=O) groups is 1. The summed E-state index contributed by atoms with van der Waals surface area (Å²) in [6.45, 7) is 3.35. The van der Waals surface area contributed by atoms with Gasteiger partial charge >= 0.3 is 0 Å². The average molecular weight is 456 g/mol. The predicted octanol–water partition coefficient (Wildman–Crippen LogP) is 2.31. The van der Waals surface area contributed by atoms with E-state index in [9.17, 15) is 13.2 Å². The molecule has 0 atom stereocenters. The molecule has 8 nitrogen and oxygen atoms in total. The number of hydrogen-bond donors (Lipinski definition) is 2. The first-order valence-electron chi connectivity index (χ1n) is 10.5. The Bertz CT molecular complexity index is 1300. The topological polar surface area (TPSA) is 104 Å². The molecule has 2 aromatic carbocycles.